The van der Waals surface area contributed by atoms with Gasteiger partial charge in [-0.15, -0.1) is 37.2 Å². The van der Waals surface area contributed by atoms with Crippen LogP contribution in [-0.2, 0) is 0 Å². The van der Waals surface area contributed by atoms with Crippen LogP contribution < -0.4 is 0 Å². The normalized spacial score (nSPS) is 0. The lowest BCUT2D eigenvalue weighted by Gasteiger charge is -0.148. The van der Waals surface area contributed by atoms with Gasteiger partial charge in [0.2, 0.25) is 0 Å². The summed E-state index contributed by atoms with van der Waals surface area (Å²) in [6, 6.07) is 0. The molecular weight excluding hydrogens is 182 g/mol. The topological polar surface area (TPSA) is 0 Å². The van der Waals surface area contributed by atoms with Gasteiger partial charge in [-0.05, 0) is 0 Å². The predicted octanol–water partition coefficient (Wildman–Crippen LogP) is -1.75. The first kappa shape index (κ1) is 65.3. The van der Waals surface area contributed by atoms with Gasteiger partial charge in [-0.25, -0.2) is 0 Å². The highest BCUT2D eigenvalue weighted by atomic mass is 35.5. The Bertz CT molecular complexity index is 8.75. The Balaban J connectivity index is 0. The maximum absolute atomic E-state index is 0. The quantitative estimate of drug-likeness (QED) is 0.399. The number of rotatable bonds is 0. The Labute approximate surface area is 99.2 Å². The van der Waals surface area contributed by atoms with E-state index in [0.29, 0.717) is 0 Å². The third kappa shape index (κ3) is 28.4. The third-order valence-corrected chi connectivity index (χ3v) is 0. The zero-order valence-corrected chi connectivity index (χ0v) is 3.67. The fraction of sp³-hybridized carbons (Fsp3) is 0. The average Bonchev–Trinajstić information content (AvgIpc) is 0. The molecule has 0 nitrogen and oxygen atoms in total. The van der Waals surface area contributed by atoms with Gasteiger partial charge in [0.15, 0.2) is 17.4 Å². The molecule has 0 atom stereocenters. The lowest BCUT2D eigenvalue weighted by Crippen LogP contribution is -0.382. The molecule has 0 aromatic rings. The van der Waals surface area contributed by atoms with E-state index in [0.717, 1.165) is 0 Å². The van der Waals surface area contributed by atoms with E-state index in [1.807, 2.05) is 0 Å². The van der Waals surface area contributed by atoms with Gasteiger partial charge < -0.3 is 0 Å². The molecule has 0 heterocycles. The largest absolute Gasteiger partial charge is 0.316 e. The van der Waals surface area contributed by atoms with Crippen molar-refractivity contribution in [1.29, 1.82) is 0 Å². The summed E-state index contributed by atoms with van der Waals surface area (Å²) >= 11 is 0. The molecule has 0 aliphatic heterocycles. The Kier molecular flexibility index (Phi) is 482. The maximum atomic E-state index is 0. The minimum absolute atomic E-state index is 0. The molecule has 0 aromatic heterocycles. The summed E-state index contributed by atoms with van der Waals surface area (Å²) in [4.78, 5) is 0. The lowest BCUT2D eigenvalue weighted by molar-refractivity contribution is 5.75. The van der Waals surface area contributed by atoms with Crippen LogP contribution in [0, 0.1) is 0 Å². The van der Waals surface area contributed by atoms with Crippen LogP contribution in [0.5, 0.6) is 0 Å². The highest BCUT2D eigenvalue weighted by Crippen LogP contribution is 0.692. The van der Waals surface area contributed by atoms with Gasteiger partial charge in [-0.1, -0.05) is 0 Å². The molecule has 0 bridgehead atoms. The summed E-state index contributed by atoms with van der Waals surface area (Å²) in [7, 11) is 0. The van der Waals surface area contributed by atoms with Crippen molar-refractivity contribution in [3.8, 4) is 0 Å². The summed E-state index contributed by atoms with van der Waals surface area (Å²) in [6.07, 6.45) is 0. The first-order valence-electron chi connectivity index (χ1n) is 0. The molecule has 0 aliphatic carbocycles. The van der Waals surface area contributed by atoms with Crippen molar-refractivity contribution in [3.05, 3.63) is 0 Å². The molecule has 0 fully saturated rings. The number of hydrogen-bond acceptors (Lipinski definition) is 0. The SMILES string of the molecule is Cl.Cl.Cl.[AlH3].[MgH2].[MgH2]. The first-order valence-corrected chi connectivity index (χ1v) is 0. The van der Waals surface area contributed by atoms with E-state index in [4.69, 9.17) is 0 Å². The van der Waals surface area contributed by atoms with Crippen molar-refractivity contribution in [1.82, 2.24) is 0 Å². The van der Waals surface area contributed by atoms with Crippen LogP contribution in [-0.4, -0.2) is 63.5 Å². The first-order chi connectivity index (χ1) is 0. The van der Waals surface area contributed by atoms with Crippen molar-refractivity contribution in [2.75, 3.05) is 0 Å². The second-order valence-electron chi connectivity index (χ2n) is 0. The van der Waals surface area contributed by atoms with Crippen LogP contribution in [0.4, 0.5) is 0 Å². The summed E-state index contributed by atoms with van der Waals surface area (Å²) in [5, 5.41) is 0. The molecular formula is H10AlCl3Mg2. The van der Waals surface area contributed by atoms with Crippen LogP contribution in [0.3, 0.4) is 0 Å². The van der Waals surface area contributed by atoms with Crippen molar-refractivity contribution < 1.29 is 0 Å². The fourth-order valence-electron chi connectivity index (χ4n) is 0. The molecule has 0 amide bonds. The fourth-order valence-corrected chi connectivity index (χ4v) is 0. The van der Waals surface area contributed by atoms with E-state index in [9.17, 15) is 0 Å². The van der Waals surface area contributed by atoms with Crippen molar-refractivity contribution in [2.45, 2.75) is 0 Å². The van der Waals surface area contributed by atoms with Crippen LogP contribution in [0.15, 0.2) is 0 Å². The Hall–Kier alpha value is 2.93. The van der Waals surface area contributed by atoms with E-state index in [-0.39, 0.29) is 101 Å². The molecule has 0 rings (SSSR count). The molecule has 38 valence electrons. The second-order valence-corrected chi connectivity index (χ2v) is 0. The highest BCUT2D eigenvalue weighted by molar-refractivity contribution is 5.86. The Morgan fingerprint density at radius 3 is 0.500 bits per heavy atom. The van der Waals surface area contributed by atoms with Gasteiger partial charge in [0, 0.05) is 0 Å². The molecule has 0 saturated carbocycles. The van der Waals surface area contributed by atoms with E-state index in [1.54, 1.807) is 0 Å². The number of halogens is 3. The molecule has 6 heavy (non-hydrogen) atoms. The Morgan fingerprint density at radius 1 is 0.500 bits per heavy atom. The van der Waals surface area contributed by atoms with Crippen molar-refractivity contribution in [2.24, 2.45) is 0 Å². The Morgan fingerprint density at radius 2 is 0.500 bits per heavy atom. The second kappa shape index (κ2) is 44.3. The average molecular weight is 192 g/mol. The van der Waals surface area contributed by atoms with Crippen LogP contribution in [0.25, 0.3) is 0 Å². The maximum Gasteiger partial charge on any atom is 0.316 e. The molecule has 0 spiro atoms. The van der Waals surface area contributed by atoms with Crippen LogP contribution in [0.1, 0.15) is 0 Å². The summed E-state index contributed by atoms with van der Waals surface area (Å²) in [5.41, 5.74) is 0. The van der Waals surface area contributed by atoms with Crippen molar-refractivity contribution in [3.63, 3.8) is 0 Å². The molecule has 0 radical (unpaired) electrons. The van der Waals surface area contributed by atoms with Gasteiger partial charge in [-0.3, -0.25) is 0 Å². The van der Waals surface area contributed by atoms with Gasteiger partial charge in [-0.2, -0.15) is 0 Å². The monoisotopic (exact) mass is 190 g/mol. The van der Waals surface area contributed by atoms with Gasteiger partial charge in [0.05, 0.1) is 0 Å². The zero-order valence-electron chi connectivity index (χ0n) is 1.22. The molecule has 0 N–H and O–H groups in total. The van der Waals surface area contributed by atoms with Gasteiger partial charge in [0.25, 0.3) is 0 Å². The third-order valence-electron chi connectivity index (χ3n) is 0. The smallest absolute Gasteiger partial charge is 0.147 e. The molecule has 0 aliphatic rings. The van der Waals surface area contributed by atoms with Crippen LogP contribution >= 0.6 is 37.2 Å². The highest BCUT2D eigenvalue weighted by Gasteiger charge is 0.317. The van der Waals surface area contributed by atoms with Crippen LogP contribution in [0.2, 0.25) is 0 Å². The van der Waals surface area contributed by atoms with E-state index < -0.39 is 0 Å². The molecule has 0 aromatic carbocycles. The lowest BCUT2D eigenvalue weighted by atomic mass is 24.3. The summed E-state index contributed by atoms with van der Waals surface area (Å²) < 4.78 is 0. The zero-order chi connectivity index (χ0) is 0. The van der Waals surface area contributed by atoms with Gasteiger partial charge >= 0.3 is 46.1 Å². The molecule has 6 heteroatoms. The molecule has 0 unspecified atom stereocenters. The van der Waals surface area contributed by atoms with E-state index >= 15 is 0 Å². The number of hydrogen-bond donors (Lipinski definition) is 0. The minimum Gasteiger partial charge on any atom is -0.147 e. The molecule has 0 saturated heterocycles. The predicted molar refractivity (Wildman–Crippen MR) is 48.8 cm³/mol. The van der Waals surface area contributed by atoms with Gasteiger partial charge in [0.1, 0.15) is 0 Å². The summed E-state index contributed by atoms with van der Waals surface area (Å²) in [6.45, 7) is 0. The standard InChI is InChI=1S/Al.3ClH.2Mg.7H/h;3*1H;;;;;;;;;. The summed E-state index contributed by atoms with van der Waals surface area (Å²) in [5.74, 6) is 0. The van der Waals surface area contributed by atoms with E-state index in [1.165, 1.54) is 0 Å². The van der Waals surface area contributed by atoms with Crippen molar-refractivity contribution >= 4 is 101 Å². The minimum atomic E-state index is 0. The van der Waals surface area contributed by atoms with E-state index in [2.05, 4.69) is 0 Å².